The van der Waals surface area contributed by atoms with Gasteiger partial charge in [-0.3, -0.25) is 9.59 Å². The average molecular weight is 397 g/mol. The van der Waals surface area contributed by atoms with Gasteiger partial charge < -0.3 is 10.1 Å². The van der Waals surface area contributed by atoms with Crippen molar-refractivity contribution < 1.29 is 22.7 Å². The van der Waals surface area contributed by atoms with Gasteiger partial charge in [-0.05, 0) is 37.3 Å². The number of para-hydroxylation sites is 1. The molecule has 138 valence electrons. The summed E-state index contributed by atoms with van der Waals surface area (Å²) in [5.41, 5.74) is 0.559. The van der Waals surface area contributed by atoms with E-state index in [9.17, 15) is 18.0 Å². The van der Waals surface area contributed by atoms with Crippen LogP contribution in [0.1, 0.15) is 6.92 Å². The Balaban J connectivity index is 1.88. The second-order valence-electron chi connectivity index (χ2n) is 5.32. The third-order valence-electron chi connectivity index (χ3n) is 3.19. The highest BCUT2D eigenvalue weighted by Crippen LogP contribution is 2.15. The summed E-state index contributed by atoms with van der Waals surface area (Å²) in [6, 6.07) is 13.1. The van der Waals surface area contributed by atoms with Gasteiger partial charge in [0.1, 0.15) is 6.04 Å². The van der Waals surface area contributed by atoms with Crippen LogP contribution in [-0.4, -0.2) is 32.9 Å². The number of esters is 1. The largest absolute Gasteiger partial charge is 0.454 e. The van der Waals surface area contributed by atoms with Gasteiger partial charge in [-0.1, -0.05) is 35.9 Å². The number of benzene rings is 2. The number of halogens is 1. The Kier molecular flexibility index (Phi) is 6.73. The Bertz CT molecular complexity index is 887. The van der Waals surface area contributed by atoms with Crippen molar-refractivity contribution in [1.82, 2.24) is 4.72 Å². The quantitative estimate of drug-likeness (QED) is 0.698. The highest BCUT2D eigenvalue weighted by molar-refractivity contribution is 7.89. The van der Waals surface area contributed by atoms with E-state index in [4.69, 9.17) is 16.3 Å². The van der Waals surface area contributed by atoms with E-state index in [1.165, 1.54) is 31.2 Å². The summed E-state index contributed by atoms with van der Waals surface area (Å²) >= 11 is 5.77. The van der Waals surface area contributed by atoms with Crippen molar-refractivity contribution in [2.75, 3.05) is 11.9 Å². The fourth-order valence-corrected chi connectivity index (χ4v) is 3.46. The van der Waals surface area contributed by atoms with Gasteiger partial charge in [0.15, 0.2) is 6.61 Å². The Hall–Kier alpha value is -2.42. The van der Waals surface area contributed by atoms with Crippen LogP contribution in [0.4, 0.5) is 5.69 Å². The average Bonchev–Trinajstić information content (AvgIpc) is 2.60. The van der Waals surface area contributed by atoms with Crippen LogP contribution in [0, 0.1) is 0 Å². The normalized spacial score (nSPS) is 12.2. The molecule has 0 aromatic heterocycles. The smallest absolute Gasteiger partial charge is 0.324 e. The summed E-state index contributed by atoms with van der Waals surface area (Å²) in [5.74, 6) is -1.41. The number of rotatable bonds is 7. The molecule has 2 rings (SSSR count). The Labute approximate surface area is 156 Å². The fraction of sp³-hybridized carbons (Fsp3) is 0.176. The van der Waals surface area contributed by atoms with Gasteiger partial charge in [-0.2, -0.15) is 4.72 Å². The summed E-state index contributed by atoms with van der Waals surface area (Å²) in [4.78, 5) is 23.6. The zero-order valence-corrected chi connectivity index (χ0v) is 15.4. The molecule has 2 N–H and O–H groups in total. The van der Waals surface area contributed by atoms with Crippen molar-refractivity contribution in [2.24, 2.45) is 0 Å². The van der Waals surface area contributed by atoms with Gasteiger partial charge in [0, 0.05) is 10.7 Å². The molecule has 0 unspecified atom stereocenters. The van der Waals surface area contributed by atoms with E-state index in [-0.39, 0.29) is 9.92 Å². The third-order valence-corrected chi connectivity index (χ3v) is 4.97. The lowest BCUT2D eigenvalue weighted by molar-refractivity contribution is -0.148. The predicted molar refractivity (Wildman–Crippen MR) is 97.3 cm³/mol. The van der Waals surface area contributed by atoms with Crippen LogP contribution in [0.5, 0.6) is 0 Å². The van der Waals surface area contributed by atoms with Gasteiger partial charge in [-0.15, -0.1) is 0 Å². The molecule has 0 heterocycles. The first-order valence-corrected chi connectivity index (χ1v) is 9.43. The summed E-state index contributed by atoms with van der Waals surface area (Å²) < 4.78 is 31.5. The maximum Gasteiger partial charge on any atom is 0.324 e. The van der Waals surface area contributed by atoms with E-state index in [0.717, 1.165) is 0 Å². The first-order valence-electron chi connectivity index (χ1n) is 7.57. The lowest BCUT2D eigenvalue weighted by Gasteiger charge is -2.14. The minimum Gasteiger partial charge on any atom is -0.454 e. The lowest BCUT2D eigenvalue weighted by Crippen LogP contribution is -2.40. The van der Waals surface area contributed by atoms with Gasteiger partial charge in [0.25, 0.3) is 5.91 Å². The number of hydrogen-bond acceptors (Lipinski definition) is 5. The number of sulfonamides is 1. The van der Waals surface area contributed by atoms with Crippen LogP contribution in [-0.2, 0) is 24.3 Å². The number of nitrogens with one attached hydrogen (secondary N) is 2. The standard InChI is InChI=1S/C17H17ClN2O5S/c1-12(20-26(23,24)15-9-5-6-13(18)10-15)17(22)25-11-16(21)19-14-7-3-2-4-8-14/h2-10,12,20H,11H2,1H3,(H,19,21)/t12-/m0/s1. The topological polar surface area (TPSA) is 102 Å². The molecular formula is C17H17ClN2O5S. The van der Waals surface area contributed by atoms with Crippen molar-refractivity contribution >= 4 is 39.2 Å². The molecule has 0 aliphatic heterocycles. The zero-order chi connectivity index (χ0) is 19.2. The van der Waals surface area contributed by atoms with Crippen LogP contribution in [0.3, 0.4) is 0 Å². The summed E-state index contributed by atoms with van der Waals surface area (Å²) in [6.45, 7) is 0.788. The molecule has 1 atom stereocenters. The molecule has 0 fully saturated rings. The molecule has 0 saturated carbocycles. The van der Waals surface area contributed by atoms with Gasteiger partial charge in [-0.25, -0.2) is 8.42 Å². The molecule has 0 aliphatic rings. The monoisotopic (exact) mass is 396 g/mol. The molecule has 0 spiro atoms. The molecule has 2 aromatic carbocycles. The zero-order valence-electron chi connectivity index (χ0n) is 13.8. The minimum absolute atomic E-state index is 0.0773. The van der Waals surface area contributed by atoms with Crippen molar-refractivity contribution in [3.8, 4) is 0 Å². The number of hydrogen-bond donors (Lipinski definition) is 2. The molecule has 7 nitrogen and oxygen atoms in total. The maximum atomic E-state index is 12.2. The second kappa shape index (κ2) is 8.79. The second-order valence-corrected chi connectivity index (χ2v) is 7.47. The molecule has 26 heavy (non-hydrogen) atoms. The molecular weight excluding hydrogens is 380 g/mol. The number of carbonyl (C=O) groups excluding carboxylic acids is 2. The maximum absolute atomic E-state index is 12.2. The van der Waals surface area contributed by atoms with Crippen molar-refractivity contribution in [2.45, 2.75) is 17.9 Å². The summed E-state index contributed by atoms with van der Waals surface area (Å²) in [6.07, 6.45) is 0. The van der Waals surface area contributed by atoms with E-state index in [1.54, 1.807) is 30.3 Å². The first-order chi connectivity index (χ1) is 12.3. The number of anilines is 1. The molecule has 1 amide bonds. The number of ether oxygens (including phenoxy) is 1. The lowest BCUT2D eigenvalue weighted by atomic mass is 10.3. The molecule has 2 aromatic rings. The van der Waals surface area contributed by atoms with E-state index in [1.807, 2.05) is 0 Å². The van der Waals surface area contributed by atoms with E-state index < -0.39 is 34.5 Å². The van der Waals surface area contributed by atoms with Gasteiger partial charge in [0.05, 0.1) is 4.90 Å². The van der Waals surface area contributed by atoms with Crippen LogP contribution >= 0.6 is 11.6 Å². The van der Waals surface area contributed by atoms with Crippen LogP contribution in [0.15, 0.2) is 59.5 Å². The molecule has 9 heteroatoms. The predicted octanol–water partition coefficient (Wildman–Crippen LogP) is 2.19. The van der Waals surface area contributed by atoms with Crippen LogP contribution in [0.25, 0.3) is 0 Å². The fourth-order valence-electron chi connectivity index (χ4n) is 1.96. The van der Waals surface area contributed by atoms with E-state index in [2.05, 4.69) is 10.0 Å². The molecule has 0 aliphatic carbocycles. The number of amides is 1. The van der Waals surface area contributed by atoms with Crippen LogP contribution in [0.2, 0.25) is 5.02 Å². The first kappa shape index (κ1) is 19.9. The van der Waals surface area contributed by atoms with Crippen LogP contribution < -0.4 is 10.0 Å². The Morgan fingerprint density at radius 2 is 1.81 bits per heavy atom. The SMILES string of the molecule is C[C@H](NS(=O)(=O)c1cccc(Cl)c1)C(=O)OCC(=O)Nc1ccccc1. The summed E-state index contributed by atoms with van der Waals surface area (Å²) in [5, 5.41) is 2.80. The van der Waals surface area contributed by atoms with Gasteiger partial charge in [0.2, 0.25) is 10.0 Å². The van der Waals surface area contributed by atoms with Gasteiger partial charge >= 0.3 is 5.97 Å². The minimum atomic E-state index is -3.95. The Morgan fingerprint density at radius 1 is 1.12 bits per heavy atom. The molecule has 0 radical (unpaired) electrons. The van der Waals surface area contributed by atoms with E-state index >= 15 is 0 Å². The molecule has 0 saturated heterocycles. The van der Waals surface area contributed by atoms with E-state index in [0.29, 0.717) is 5.69 Å². The van der Waals surface area contributed by atoms with Crippen molar-refractivity contribution in [3.63, 3.8) is 0 Å². The van der Waals surface area contributed by atoms with Crippen molar-refractivity contribution in [1.29, 1.82) is 0 Å². The summed E-state index contributed by atoms with van der Waals surface area (Å²) in [7, 11) is -3.95. The number of carbonyl (C=O) groups is 2. The third kappa shape index (κ3) is 5.83. The Morgan fingerprint density at radius 3 is 2.46 bits per heavy atom. The highest BCUT2D eigenvalue weighted by atomic mass is 35.5. The highest BCUT2D eigenvalue weighted by Gasteiger charge is 2.23. The molecule has 0 bridgehead atoms. The van der Waals surface area contributed by atoms with Crippen molar-refractivity contribution in [3.05, 3.63) is 59.6 Å².